The number of hydrogen-bond donors (Lipinski definition) is 5. The lowest BCUT2D eigenvalue weighted by molar-refractivity contribution is -0.130. The number of nitrogens with zero attached hydrogens (tertiary/aromatic N) is 2. The zero-order valence-corrected chi connectivity index (χ0v) is 33.5. The number of aromatic hydroxyl groups is 1. The highest BCUT2D eigenvalue weighted by Gasteiger charge is 2.42. The molecule has 2 fully saturated rings. The summed E-state index contributed by atoms with van der Waals surface area (Å²) in [5, 5.41) is 27.6. The Labute approximate surface area is 339 Å². The summed E-state index contributed by atoms with van der Waals surface area (Å²) in [4.78, 5) is 44.1. The Kier molecular flexibility index (Phi) is 14.6. The molecule has 1 aliphatic heterocycles. The van der Waals surface area contributed by atoms with E-state index in [4.69, 9.17) is 9.47 Å². The minimum atomic E-state index is -0.874. The molecule has 12 heteroatoms. The van der Waals surface area contributed by atoms with Crippen LogP contribution in [0.5, 0.6) is 11.5 Å². The third-order valence-electron chi connectivity index (χ3n) is 10.8. The molecule has 12 nitrogen and oxygen atoms in total. The Morgan fingerprint density at radius 3 is 2.45 bits per heavy atom. The average molecular weight is 790 g/mol. The molecule has 2 unspecified atom stereocenters. The number of rotatable bonds is 15. The average Bonchev–Trinajstić information content (AvgIpc) is 3.78. The number of benzene rings is 4. The van der Waals surface area contributed by atoms with E-state index in [-0.39, 0.29) is 48.4 Å². The Balaban J connectivity index is 0.00000279. The van der Waals surface area contributed by atoms with Crippen molar-refractivity contribution in [2.24, 2.45) is 11.8 Å². The highest BCUT2D eigenvalue weighted by molar-refractivity contribution is 5.91. The fourth-order valence-electron chi connectivity index (χ4n) is 8.03. The molecular formula is C46H55N5O7. The number of aliphatic hydroxyl groups is 1. The van der Waals surface area contributed by atoms with Crippen LogP contribution >= 0.6 is 0 Å². The lowest BCUT2D eigenvalue weighted by Gasteiger charge is -2.20. The van der Waals surface area contributed by atoms with E-state index in [1.165, 1.54) is 12.1 Å². The first kappa shape index (κ1) is 41.9. The van der Waals surface area contributed by atoms with E-state index in [1.807, 2.05) is 86.6 Å². The summed E-state index contributed by atoms with van der Waals surface area (Å²) in [5.41, 5.74) is 4.41. The second-order valence-electron chi connectivity index (χ2n) is 14.8. The number of nitrogens with one attached hydrogen (secondary N) is 3. The number of pyridine rings is 1. The van der Waals surface area contributed by atoms with Gasteiger partial charge in [-0.15, -0.1) is 0 Å². The molecular weight excluding hydrogens is 735 g/mol. The Morgan fingerprint density at radius 1 is 0.931 bits per heavy atom. The van der Waals surface area contributed by atoms with Gasteiger partial charge in [0.05, 0.1) is 30.3 Å². The molecule has 1 saturated carbocycles. The fraction of sp³-hybridized carbons (Fsp3) is 0.370. The van der Waals surface area contributed by atoms with Crippen molar-refractivity contribution in [2.75, 3.05) is 51.7 Å². The van der Waals surface area contributed by atoms with Gasteiger partial charge in [0.2, 0.25) is 11.5 Å². The Bertz CT molecular complexity index is 2180. The van der Waals surface area contributed by atoms with E-state index in [1.54, 1.807) is 24.1 Å². The van der Waals surface area contributed by atoms with E-state index in [0.717, 1.165) is 60.6 Å². The molecule has 1 aromatic heterocycles. The summed E-state index contributed by atoms with van der Waals surface area (Å²) in [7, 11) is 1.74. The number of aromatic amines is 1. The van der Waals surface area contributed by atoms with E-state index >= 15 is 0 Å². The second kappa shape index (κ2) is 20.1. The number of para-hydroxylation sites is 1. The van der Waals surface area contributed by atoms with Gasteiger partial charge >= 0.3 is 6.09 Å². The normalized spacial score (nSPS) is 17.8. The van der Waals surface area contributed by atoms with Crippen molar-refractivity contribution < 1.29 is 29.3 Å². The number of carbonyl (C=O) groups is 2. The number of ether oxygens (including phenoxy) is 2. The van der Waals surface area contributed by atoms with Crippen LogP contribution < -0.4 is 20.9 Å². The number of carbonyl (C=O) groups excluding carboxylic acids is 2. The van der Waals surface area contributed by atoms with Gasteiger partial charge in [-0.05, 0) is 71.7 Å². The van der Waals surface area contributed by atoms with Crippen LogP contribution in [0.15, 0.2) is 108 Å². The first-order valence-corrected chi connectivity index (χ1v) is 20.2. The monoisotopic (exact) mass is 789 g/mol. The molecule has 0 bridgehead atoms. The molecule has 2 aliphatic rings. The van der Waals surface area contributed by atoms with Crippen molar-refractivity contribution in [3.05, 3.63) is 125 Å². The van der Waals surface area contributed by atoms with E-state index in [0.29, 0.717) is 35.9 Å². The Hall–Kier alpha value is -5.69. The number of hydrogen-bond acceptors (Lipinski definition) is 9. The molecule has 4 aromatic carbocycles. The number of phenols is 1. The summed E-state index contributed by atoms with van der Waals surface area (Å²) in [6, 6.07) is 31.8. The van der Waals surface area contributed by atoms with Gasteiger partial charge in [-0.1, -0.05) is 80.6 Å². The summed E-state index contributed by atoms with van der Waals surface area (Å²) in [6.45, 7) is 8.13. The van der Waals surface area contributed by atoms with Gasteiger partial charge < -0.3 is 34.9 Å². The van der Waals surface area contributed by atoms with Crippen LogP contribution in [0, 0.1) is 11.8 Å². The highest BCUT2D eigenvalue weighted by atomic mass is 16.6. The maximum absolute atomic E-state index is 12.9. The molecule has 0 spiro atoms. The number of likely N-dealkylation sites (tertiary alicyclic amines) is 1. The quantitative estimate of drug-likeness (QED) is 0.0710. The number of aromatic nitrogens is 1. The molecule has 1 saturated heterocycles. The molecule has 58 heavy (non-hydrogen) atoms. The van der Waals surface area contributed by atoms with Crippen molar-refractivity contribution in [2.45, 2.75) is 51.9 Å². The molecule has 1 aliphatic carbocycles. The lowest BCUT2D eigenvalue weighted by Crippen LogP contribution is -2.35. The number of likely N-dealkylation sites (N-methyl/N-ethyl adjacent to an activating group) is 1. The van der Waals surface area contributed by atoms with Crippen LogP contribution in [0.2, 0.25) is 0 Å². The second-order valence-corrected chi connectivity index (χ2v) is 14.8. The van der Waals surface area contributed by atoms with Gasteiger partial charge in [0.25, 0.3) is 0 Å². The fourth-order valence-corrected chi connectivity index (χ4v) is 8.03. The van der Waals surface area contributed by atoms with Gasteiger partial charge in [0.15, 0.2) is 0 Å². The minimum absolute atomic E-state index is 0.0441. The molecule has 306 valence electrons. The minimum Gasteiger partial charge on any atom is -0.506 e. The van der Waals surface area contributed by atoms with Crippen LogP contribution in [0.4, 0.5) is 10.5 Å². The summed E-state index contributed by atoms with van der Waals surface area (Å²) in [5.74, 6) is 1.60. The summed E-state index contributed by atoms with van der Waals surface area (Å²) < 4.78 is 11.9. The maximum atomic E-state index is 12.9. The topological polar surface area (TPSA) is 156 Å². The van der Waals surface area contributed by atoms with Gasteiger partial charge in [0, 0.05) is 63.3 Å². The van der Waals surface area contributed by atoms with E-state index in [2.05, 4.69) is 26.6 Å². The molecule has 5 aromatic rings. The summed E-state index contributed by atoms with van der Waals surface area (Å²) >= 11 is 0. The molecule has 0 radical (unpaired) electrons. The first-order valence-electron chi connectivity index (χ1n) is 20.2. The van der Waals surface area contributed by atoms with Crippen LogP contribution in [0.1, 0.15) is 50.3 Å². The number of amides is 2. The molecule has 4 atom stereocenters. The molecule has 2 amide bonds. The predicted molar refractivity (Wildman–Crippen MR) is 227 cm³/mol. The van der Waals surface area contributed by atoms with Gasteiger partial charge in [-0.3, -0.25) is 19.8 Å². The van der Waals surface area contributed by atoms with Crippen LogP contribution in [-0.2, 0) is 16.1 Å². The van der Waals surface area contributed by atoms with Crippen LogP contribution in [0.25, 0.3) is 22.0 Å². The smallest absolute Gasteiger partial charge is 0.411 e. The third-order valence-corrected chi connectivity index (χ3v) is 10.8. The first-order chi connectivity index (χ1) is 28.2. The standard InChI is InChI=1S/C44H49N5O7.C2H6/c1-48(20-19-45-25-40(51)36-14-16-39(50)43-37(36)15-17-41(52)47-43)42(53)18-21-55-33-11-7-8-29(22-33)26-49-27-31-23-34(24-32(31)28-49)56-44(54)46-38-13-6-5-12-35(38)30-9-3-2-4-10-30;1-2/h2-17,22,31-32,34,40,45,50-51H,18-21,23-28H2,1H3,(H,46,54)(H,47,52);1-2H3/t31-,32+,34?,40?;. The molecule has 5 N–H and O–H groups in total. The maximum Gasteiger partial charge on any atom is 0.411 e. The van der Waals surface area contributed by atoms with Crippen molar-refractivity contribution in [1.82, 2.24) is 20.1 Å². The number of H-pyrrole nitrogens is 1. The molecule has 7 rings (SSSR count). The highest BCUT2D eigenvalue weighted by Crippen LogP contribution is 2.40. The van der Waals surface area contributed by atoms with Gasteiger partial charge in [-0.2, -0.15) is 0 Å². The number of phenolic OH excluding ortho intramolecular Hbond substituents is 1. The van der Waals surface area contributed by atoms with Crippen LogP contribution in [-0.4, -0.2) is 89.5 Å². The van der Waals surface area contributed by atoms with Crippen LogP contribution in [0.3, 0.4) is 0 Å². The van der Waals surface area contributed by atoms with Gasteiger partial charge in [-0.25, -0.2) is 4.79 Å². The number of anilines is 1. The lowest BCUT2D eigenvalue weighted by atomic mass is 10.0. The zero-order valence-electron chi connectivity index (χ0n) is 33.5. The number of fused-ring (bicyclic) bond motifs is 2. The zero-order chi connectivity index (χ0) is 41.0. The van der Waals surface area contributed by atoms with E-state index < -0.39 is 12.2 Å². The largest absolute Gasteiger partial charge is 0.506 e. The Morgan fingerprint density at radius 2 is 1.67 bits per heavy atom. The van der Waals surface area contributed by atoms with E-state index in [9.17, 15) is 24.6 Å². The van der Waals surface area contributed by atoms with Crippen molar-refractivity contribution in [1.29, 1.82) is 0 Å². The SMILES string of the molecule is CC.CN(CCNCC(O)c1ccc(O)c2[nH]c(=O)ccc12)C(=O)CCOc1cccc(CN2C[C@H]3CC(OC(=O)Nc4ccccc4-c4ccccc4)C[C@H]3C2)c1. The number of aliphatic hydroxyl groups excluding tert-OH is 1. The van der Waals surface area contributed by atoms with Crippen molar-refractivity contribution in [3.8, 4) is 22.6 Å². The van der Waals surface area contributed by atoms with Crippen molar-refractivity contribution in [3.63, 3.8) is 0 Å². The van der Waals surface area contributed by atoms with Crippen molar-refractivity contribution >= 4 is 28.6 Å². The third kappa shape index (κ3) is 10.8. The summed E-state index contributed by atoms with van der Waals surface area (Å²) in [6.07, 6.45) is 0.580. The molecule has 2 heterocycles. The van der Waals surface area contributed by atoms with Gasteiger partial charge in [0.1, 0.15) is 17.6 Å². The predicted octanol–water partition coefficient (Wildman–Crippen LogP) is 6.94.